The molecule has 3 aromatic rings. The highest BCUT2D eigenvalue weighted by Crippen LogP contribution is 2.34. The van der Waals surface area contributed by atoms with E-state index in [1.54, 1.807) is 29.5 Å². The smallest absolute Gasteiger partial charge is 0.378 e. The number of hydrogen-bond acceptors (Lipinski definition) is 4. The fourth-order valence-corrected chi connectivity index (χ4v) is 4.28. The van der Waals surface area contributed by atoms with Crippen LogP contribution in [0.5, 0.6) is 0 Å². The molecule has 1 saturated heterocycles. The van der Waals surface area contributed by atoms with E-state index in [1.165, 1.54) is 6.20 Å². The molecule has 1 aliphatic heterocycles. The monoisotopic (exact) mass is 486 g/mol. The van der Waals surface area contributed by atoms with Gasteiger partial charge in [0.05, 0.1) is 23.3 Å². The molecule has 0 bridgehead atoms. The van der Waals surface area contributed by atoms with Gasteiger partial charge < -0.3 is 14.2 Å². The molecule has 3 aromatic heterocycles. The Morgan fingerprint density at radius 1 is 1.22 bits per heavy atom. The number of nitrogens with zero attached hydrogens (tertiary/aromatic N) is 4. The molecule has 170 valence electrons. The van der Waals surface area contributed by atoms with Crippen LogP contribution in [-0.2, 0) is 24.4 Å². The lowest BCUT2D eigenvalue weighted by Crippen LogP contribution is -2.41. The van der Waals surface area contributed by atoms with Crippen LogP contribution in [0.4, 0.5) is 13.2 Å². The molecule has 0 unspecified atom stereocenters. The maximum absolute atomic E-state index is 13.2. The van der Waals surface area contributed by atoms with Crippen LogP contribution in [0.3, 0.4) is 0 Å². The number of carbonyl (C=O) groups is 1. The minimum atomic E-state index is -4.55. The first-order chi connectivity index (χ1) is 15.1. The van der Waals surface area contributed by atoms with E-state index in [4.69, 9.17) is 27.9 Å². The van der Waals surface area contributed by atoms with Gasteiger partial charge in [-0.05, 0) is 30.2 Å². The predicted molar refractivity (Wildman–Crippen MR) is 114 cm³/mol. The van der Waals surface area contributed by atoms with Gasteiger partial charge in [-0.25, -0.2) is 9.97 Å². The molecule has 32 heavy (non-hydrogen) atoms. The summed E-state index contributed by atoms with van der Waals surface area (Å²) in [6.07, 6.45) is -2.99. The third kappa shape index (κ3) is 4.16. The van der Waals surface area contributed by atoms with Crippen molar-refractivity contribution in [2.45, 2.75) is 19.5 Å². The van der Waals surface area contributed by atoms with E-state index in [1.807, 2.05) is 0 Å². The number of alkyl halides is 3. The van der Waals surface area contributed by atoms with E-state index < -0.39 is 11.9 Å². The van der Waals surface area contributed by atoms with Crippen molar-refractivity contribution in [3.63, 3.8) is 0 Å². The Hall–Kier alpha value is -2.36. The van der Waals surface area contributed by atoms with E-state index in [-0.39, 0.29) is 33.7 Å². The van der Waals surface area contributed by atoms with Gasteiger partial charge >= 0.3 is 6.18 Å². The third-order valence-electron chi connectivity index (χ3n) is 5.52. The zero-order valence-electron chi connectivity index (χ0n) is 17.3. The number of hydrogen-bond donors (Lipinski definition) is 0. The van der Waals surface area contributed by atoms with Crippen molar-refractivity contribution >= 4 is 40.1 Å². The van der Waals surface area contributed by atoms with Crippen LogP contribution >= 0.6 is 23.2 Å². The molecule has 0 aromatic carbocycles. The number of ether oxygens (including phenoxy) is 1. The Bertz CT molecular complexity index is 1200. The average molecular weight is 487 g/mol. The topological polar surface area (TPSA) is 60.3 Å². The lowest BCUT2D eigenvalue weighted by molar-refractivity contribution is -0.141. The Balaban J connectivity index is 1.73. The lowest BCUT2D eigenvalue weighted by Gasteiger charge is -2.27. The molecular formula is C21H19Cl2F3N4O2. The fraction of sp³-hybridized carbons (Fsp3) is 0.381. The summed E-state index contributed by atoms with van der Waals surface area (Å²) in [6, 6.07) is 2.78. The summed E-state index contributed by atoms with van der Waals surface area (Å²) in [4.78, 5) is 22.4. The van der Waals surface area contributed by atoms with E-state index >= 15 is 0 Å². The Kier molecular flexibility index (Phi) is 6.08. The number of morpholine rings is 1. The molecule has 6 nitrogen and oxygen atoms in total. The normalized spacial score (nSPS) is 14.9. The second-order valence-corrected chi connectivity index (χ2v) is 8.37. The van der Waals surface area contributed by atoms with Crippen LogP contribution in [0.1, 0.15) is 33.0 Å². The zero-order valence-corrected chi connectivity index (χ0v) is 18.8. The Morgan fingerprint density at radius 2 is 1.91 bits per heavy atom. The summed E-state index contributed by atoms with van der Waals surface area (Å²) in [5.41, 5.74) is 0.917. The molecule has 4 rings (SSSR count). The van der Waals surface area contributed by atoms with Crippen LogP contribution in [0.15, 0.2) is 18.3 Å². The maximum atomic E-state index is 13.2. The first-order valence-electron chi connectivity index (χ1n) is 9.81. The van der Waals surface area contributed by atoms with Gasteiger partial charge in [0, 0.05) is 43.8 Å². The summed E-state index contributed by atoms with van der Waals surface area (Å²) in [5.74, 6) is -0.319. The quantitative estimate of drug-likeness (QED) is 0.539. The van der Waals surface area contributed by atoms with Crippen molar-refractivity contribution in [2.24, 2.45) is 7.05 Å². The van der Waals surface area contributed by atoms with E-state index in [0.29, 0.717) is 48.5 Å². The summed E-state index contributed by atoms with van der Waals surface area (Å²) < 4.78 is 46.5. The van der Waals surface area contributed by atoms with Gasteiger partial charge in [-0.15, -0.1) is 0 Å². The summed E-state index contributed by atoms with van der Waals surface area (Å²) in [7, 11) is 1.63. The maximum Gasteiger partial charge on any atom is 0.433 e. The number of aryl methyl sites for hydroxylation is 2. The zero-order chi connectivity index (χ0) is 23.2. The number of amides is 1. The van der Waals surface area contributed by atoms with Crippen LogP contribution in [0, 0.1) is 6.92 Å². The second kappa shape index (κ2) is 8.53. The minimum Gasteiger partial charge on any atom is -0.378 e. The molecule has 0 atom stereocenters. The van der Waals surface area contributed by atoms with Gasteiger partial charge in [0.2, 0.25) is 0 Å². The molecule has 0 saturated carbocycles. The number of pyridine rings is 2. The van der Waals surface area contributed by atoms with E-state index in [2.05, 4.69) is 9.97 Å². The second-order valence-electron chi connectivity index (χ2n) is 7.58. The van der Waals surface area contributed by atoms with Crippen molar-refractivity contribution in [1.29, 1.82) is 0 Å². The molecule has 11 heteroatoms. The van der Waals surface area contributed by atoms with Crippen LogP contribution < -0.4 is 0 Å². The van der Waals surface area contributed by atoms with Crippen molar-refractivity contribution in [1.82, 2.24) is 19.4 Å². The van der Waals surface area contributed by atoms with E-state index in [9.17, 15) is 18.0 Å². The van der Waals surface area contributed by atoms with E-state index in [0.717, 1.165) is 6.07 Å². The standard InChI is InChI=1S/C21H19Cl2F3N4O2/c1-11-7-16(21(24,25)26)28-19-13(11)8-12(29(19)2)9-14-15(22)10-27-18(17(14)23)20(31)30-3-5-32-6-4-30/h7-8,10H,3-6,9H2,1-2H3. The lowest BCUT2D eigenvalue weighted by atomic mass is 10.1. The van der Waals surface area contributed by atoms with Crippen molar-refractivity contribution < 1.29 is 22.7 Å². The van der Waals surface area contributed by atoms with Crippen molar-refractivity contribution in [2.75, 3.05) is 26.3 Å². The summed E-state index contributed by atoms with van der Waals surface area (Å²) in [6.45, 7) is 3.35. The molecule has 1 fully saturated rings. The average Bonchev–Trinajstić information content (AvgIpc) is 3.07. The highest BCUT2D eigenvalue weighted by Gasteiger charge is 2.33. The molecule has 1 amide bonds. The number of aromatic nitrogens is 3. The number of rotatable bonds is 3. The van der Waals surface area contributed by atoms with Crippen LogP contribution in [0.2, 0.25) is 10.0 Å². The van der Waals surface area contributed by atoms with Gasteiger partial charge in [0.1, 0.15) is 17.0 Å². The first-order valence-corrected chi connectivity index (χ1v) is 10.6. The summed E-state index contributed by atoms with van der Waals surface area (Å²) >= 11 is 12.9. The molecule has 1 aliphatic rings. The molecular weight excluding hydrogens is 468 g/mol. The Labute approximate surface area is 191 Å². The van der Waals surface area contributed by atoms with Gasteiger partial charge in [-0.2, -0.15) is 13.2 Å². The van der Waals surface area contributed by atoms with Crippen molar-refractivity contribution in [3.8, 4) is 0 Å². The third-order valence-corrected chi connectivity index (χ3v) is 6.25. The predicted octanol–water partition coefficient (Wildman–Crippen LogP) is 4.67. The molecule has 0 radical (unpaired) electrons. The molecule has 0 N–H and O–H groups in total. The first kappa shape index (κ1) is 22.8. The van der Waals surface area contributed by atoms with Crippen LogP contribution in [0.25, 0.3) is 11.0 Å². The Morgan fingerprint density at radius 3 is 2.56 bits per heavy atom. The highest BCUT2D eigenvalue weighted by atomic mass is 35.5. The SMILES string of the molecule is Cc1cc(C(F)(F)F)nc2c1cc(Cc1c(Cl)cnc(C(=O)N3CCOCC3)c1Cl)n2C. The van der Waals surface area contributed by atoms with Gasteiger partial charge in [0.25, 0.3) is 5.91 Å². The largest absolute Gasteiger partial charge is 0.433 e. The van der Waals surface area contributed by atoms with Gasteiger partial charge in [0.15, 0.2) is 0 Å². The fourth-order valence-electron chi connectivity index (χ4n) is 3.73. The highest BCUT2D eigenvalue weighted by molar-refractivity contribution is 6.37. The molecule has 4 heterocycles. The molecule has 0 spiro atoms. The van der Waals surface area contributed by atoms with Crippen molar-refractivity contribution in [3.05, 3.63) is 56.6 Å². The number of carbonyl (C=O) groups excluding carboxylic acids is 1. The molecule has 0 aliphatic carbocycles. The summed E-state index contributed by atoms with van der Waals surface area (Å²) in [5, 5.41) is 0.987. The minimum absolute atomic E-state index is 0.0837. The number of fused-ring (bicyclic) bond motifs is 1. The van der Waals surface area contributed by atoms with Gasteiger partial charge in [-0.3, -0.25) is 4.79 Å². The van der Waals surface area contributed by atoms with Crippen LogP contribution in [-0.4, -0.2) is 51.6 Å². The van der Waals surface area contributed by atoms with Gasteiger partial charge in [-0.1, -0.05) is 23.2 Å². The number of halogens is 5.